The van der Waals surface area contributed by atoms with Crippen molar-refractivity contribution in [2.45, 2.75) is 0 Å². The third kappa shape index (κ3) is 11.1. The summed E-state index contributed by atoms with van der Waals surface area (Å²) in [5.41, 5.74) is 11.8. The molecule has 116 heavy (non-hydrogen) atoms. The Balaban J connectivity index is 0.000000145. The maximum absolute atomic E-state index is 16.8. The smallest absolute Gasteiger partial charge is 0.172 e. The molecule has 22 rings (SSSR count). The number of hydrogen-bond donors (Lipinski definition) is 0. The van der Waals surface area contributed by atoms with E-state index >= 15 is 9.13 Å². The lowest BCUT2D eigenvalue weighted by atomic mass is 9.92. The first-order valence-corrected chi connectivity index (χ1v) is 42.1. The predicted octanol–water partition coefficient (Wildman–Crippen LogP) is 24.5. The Morgan fingerprint density at radius 1 is 0.198 bits per heavy atom. The molecule has 0 aliphatic rings. The van der Waals surface area contributed by atoms with E-state index in [0.717, 1.165) is 180 Å². The van der Waals surface area contributed by atoms with Crippen molar-refractivity contribution in [2.24, 2.45) is 0 Å². The number of nitrogens with zero attached hydrogens (tertiary/aromatic N) is 6. The van der Waals surface area contributed by atoms with Gasteiger partial charge in [-0.2, -0.15) is 10.5 Å². The van der Waals surface area contributed by atoms with Crippen LogP contribution in [0, 0.1) is 22.7 Å². The largest absolute Gasteiger partial charge is 0.309 e. The van der Waals surface area contributed by atoms with Crippen LogP contribution in [0.2, 0.25) is 0 Å². The fourth-order valence-corrected chi connectivity index (χ4v) is 23.6. The van der Waals surface area contributed by atoms with E-state index in [1.54, 1.807) is 0 Å². The van der Waals surface area contributed by atoms with E-state index in [2.05, 4.69) is 170 Å². The number of para-hydroxylation sites is 2. The zero-order chi connectivity index (χ0) is 77.6. The van der Waals surface area contributed by atoms with Crippen molar-refractivity contribution in [3.05, 3.63) is 399 Å². The van der Waals surface area contributed by atoms with Gasteiger partial charge in [0.05, 0.1) is 68.1 Å². The van der Waals surface area contributed by atoms with Crippen molar-refractivity contribution in [1.29, 1.82) is 10.5 Å². The van der Waals surface area contributed by atoms with Crippen molar-refractivity contribution in [3.63, 3.8) is 0 Å². The minimum atomic E-state index is -3.57. The van der Waals surface area contributed by atoms with Gasteiger partial charge in [0.1, 0.15) is 0 Å². The molecule has 4 heterocycles. The molecule has 0 saturated heterocycles. The highest BCUT2D eigenvalue weighted by molar-refractivity contribution is 7.86. The predicted molar refractivity (Wildman–Crippen MR) is 484 cm³/mol. The van der Waals surface area contributed by atoms with Crippen LogP contribution in [0.25, 0.3) is 175 Å². The lowest BCUT2D eigenvalue weighted by molar-refractivity contribution is 0.592. The molecule has 0 spiro atoms. The van der Waals surface area contributed by atoms with Crippen LogP contribution < -0.4 is 31.8 Å². The third-order valence-corrected chi connectivity index (χ3v) is 29.2. The highest BCUT2D eigenvalue weighted by Crippen LogP contribution is 2.51. The molecule has 0 unspecified atom stereocenters. The number of benzene rings is 18. The fourth-order valence-electron chi connectivity index (χ4n) is 17.8. The van der Waals surface area contributed by atoms with Gasteiger partial charge in [-0.15, -0.1) is 0 Å². The van der Waals surface area contributed by atoms with Gasteiger partial charge in [-0.1, -0.05) is 352 Å². The van der Waals surface area contributed by atoms with E-state index in [9.17, 15) is 10.5 Å². The van der Waals surface area contributed by atoms with E-state index in [0.29, 0.717) is 38.1 Å². The maximum atomic E-state index is 16.8. The monoisotopic (exact) mass is 1510 g/mol. The number of rotatable bonds is 10. The van der Waals surface area contributed by atoms with E-state index in [1.807, 2.05) is 231 Å². The number of nitriles is 2. The van der Waals surface area contributed by atoms with E-state index in [-0.39, 0.29) is 0 Å². The first kappa shape index (κ1) is 69.1. The van der Waals surface area contributed by atoms with Crippen LogP contribution in [-0.4, -0.2) is 19.9 Å². The van der Waals surface area contributed by atoms with Crippen molar-refractivity contribution in [3.8, 4) is 57.2 Å². The molecule has 0 bridgehead atoms. The number of pyridine rings is 4. The highest BCUT2D eigenvalue weighted by atomic mass is 31.2. The average molecular weight is 1520 g/mol. The van der Waals surface area contributed by atoms with Crippen molar-refractivity contribution < 1.29 is 9.13 Å². The molecule has 0 saturated carbocycles. The topological polar surface area (TPSA) is 133 Å². The van der Waals surface area contributed by atoms with E-state index in [1.165, 1.54) is 0 Å². The van der Waals surface area contributed by atoms with E-state index < -0.39 is 14.3 Å². The van der Waals surface area contributed by atoms with Gasteiger partial charge in [-0.3, -0.25) is 0 Å². The Morgan fingerprint density at radius 2 is 0.466 bits per heavy atom. The molecule has 0 N–H and O–H groups in total. The molecule has 0 atom stereocenters. The normalized spacial score (nSPS) is 11.8. The molecular formula is C106H64N6O2P2. The second-order valence-electron chi connectivity index (χ2n) is 29.4. The van der Waals surface area contributed by atoms with Crippen LogP contribution in [0.1, 0.15) is 11.1 Å². The van der Waals surface area contributed by atoms with Crippen LogP contribution in [-0.2, 0) is 9.13 Å². The number of fused-ring (bicyclic) bond motifs is 20. The SMILES string of the molecule is N#Cc1cc2c(-c3ccccc3)nc3cc(P(=O)(c4ccccc4)c4ccc5c(c4)nc(-c4ccccc4)c4cc(C#N)c6ccccc6c45)ccc3c2c2ccccc12.O=P(c1ccccc1)(c1cccc2c1ccc1c(-c3ccccc3)nc3ccccc3c12)c1cccc2c1ccc1c(-c3ccccc3)nc3ccccc3c12. The third-order valence-electron chi connectivity index (χ3n) is 23.0. The van der Waals surface area contributed by atoms with Crippen LogP contribution in [0.5, 0.6) is 0 Å². The Bertz CT molecular complexity index is 7610. The number of hydrogen-bond acceptors (Lipinski definition) is 8. The summed E-state index contributed by atoms with van der Waals surface area (Å²) in [6, 6.07) is 135. The molecular weight excluding hydrogens is 1450 g/mol. The van der Waals surface area contributed by atoms with Crippen molar-refractivity contribution in [1.82, 2.24) is 19.9 Å². The van der Waals surface area contributed by atoms with Gasteiger partial charge in [0.2, 0.25) is 0 Å². The first-order valence-electron chi connectivity index (χ1n) is 38.7. The van der Waals surface area contributed by atoms with Gasteiger partial charge < -0.3 is 9.13 Å². The molecule has 0 aliphatic carbocycles. The Hall–Kier alpha value is -14.9. The lowest BCUT2D eigenvalue weighted by Crippen LogP contribution is -2.26. The first-order chi connectivity index (χ1) is 57.2. The molecule has 0 radical (unpaired) electrons. The van der Waals surface area contributed by atoms with Gasteiger partial charge in [-0.05, 0) is 68.7 Å². The van der Waals surface area contributed by atoms with Gasteiger partial charge in [-0.25, -0.2) is 19.9 Å². The highest BCUT2D eigenvalue weighted by Gasteiger charge is 2.36. The summed E-state index contributed by atoms with van der Waals surface area (Å²) >= 11 is 0. The quantitative estimate of drug-likeness (QED) is 0.0976. The summed E-state index contributed by atoms with van der Waals surface area (Å²) < 4.78 is 33.2. The fraction of sp³-hybridized carbons (Fsp3) is 0. The molecule has 18 aromatic carbocycles. The van der Waals surface area contributed by atoms with Gasteiger partial charge >= 0.3 is 0 Å². The minimum Gasteiger partial charge on any atom is -0.309 e. The average Bonchev–Trinajstić information content (AvgIpc) is 0.721. The van der Waals surface area contributed by atoms with E-state index in [4.69, 9.17) is 19.9 Å². The van der Waals surface area contributed by atoms with Gasteiger partial charge in [0, 0.05) is 129 Å². The number of aromatic nitrogens is 4. The summed E-state index contributed by atoms with van der Waals surface area (Å²) in [4.78, 5) is 21.0. The molecule has 0 fully saturated rings. The zero-order valence-electron chi connectivity index (χ0n) is 62.3. The summed E-state index contributed by atoms with van der Waals surface area (Å²) in [6.45, 7) is 0. The summed E-state index contributed by atoms with van der Waals surface area (Å²) in [5, 5.41) is 44.8. The van der Waals surface area contributed by atoms with Crippen molar-refractivity contribution in [2.75, 3.05) is 0 Å². The van der Waals surface area contributed by atoms with Crippen LogP contribution >= 0.6 is 14.3 Å². The Morgan fingerprint density at radius 3 is 0.845 bits per heavy atom. The summed E-state index contributed by atoms with van der Waals surface area (Å²) in [6.07, 6.45) is 0. The van der Waals surface area contributed by atoms with Gasteiger partial charge in [0.25, 0.3) is 0 Å². The maximum Gasteiger partial charge on any atom is 0.172 e. The second-order valence-corrected chi connectivity index (χ2v) is 34.8. The standard InChI is InChI=1S/C54H31N4OP.C52H33N2OP/c55-32-36-28-47-51(43-22-12-10-20-41(36)43)45-26-24-39(30-49(45)57-53(47)34-14-4-1-5-15-34)60(59,38-18-8-3-9-19-38)40-25-27-46-50(31-40)58-54(35-16-6-2-7-17-35)48-29-37(33-56)42-21-11-13-23-44(42)52(46)48;55-56(36-20-8-3-9-21-36,47-28-14-24-39-37(47)30-32-43-49(39)41-22-10-12-26-45(41)53-51(43)34-16-4-1-5-17-34)48-29-15-25-40-38(48)31-33-44-50(40)42-23-11-13-27-46(42)54-52(44)35-18-6-2-7-19-35/h1-31H;1-33H. The molecule has 10 heteroatoms. The summed E-state index contributed by atoms with van der Waals surface area (Å²) in [7, 11) is -7.08. The lowest BCUT2D eigenvalue weighted by Gasteiger charge is -2.24. The molecule has 0 amide bonds. The summed E-state index contributed by atoms with van der Waals surface area (Å²) in [5.74, 6) is 0. The Kier molecular flexibility index (Phi) is 16.7. The molecule has 22 aromatic rings. The van der Waals surface area contributed by atoms with Crippen LogP contribution in [0.4, 0.5) is 0 Å². The Labute approximate surface area is 667 Å². The van der Waals surface area contributed by atoms with Crippen LogP contribution in [0.15, 0.2) is 388 Å². The molecule has 8 nitrogen and oxygen atoms in total. The van der Waals surface area contributed by atoms with Crippen LogP contribution in [0.3, 0.4) is 0 Å². The van der Waals surface area contributed by atoms with Crippen molar-refractivity contribution >= 4 is 176 Å². The van der Waals surface area contributed by atoms with Gasteiger partial charge in [0.15, 0.2) is 14.3 Å². The molecule has 4 aromatic heterocycles. The zero-order valence-corrected chi connectivity index (χ0v) is 64.1. The minimum absolute atomic E-state index is 0.591. The molecule has 0 aliphatic heterocycles. The second kappa shape index (κ2) is 28.1. The molecule has 540 valence electrons.